The van der Waals surface area contributed by atoms with E-state index in [0.717, 1.165) is 12.1 Å². The number of halogens is 3. The SMILES string of the molecule is CCOC(=O)c1cc(-c2ccc(C(F)(F)F)cc2)n(-c2ccc(OC)nc2)n1. The van der Waals surface area contributed by atoms with Gasteiger partial charge in [0.05, 0.1) is 36.9 Å². The van der Waals surface area contributed by atoms with Crippen molar-refractivity contribution in [2.24, 2.45) is 0 Å². The van der Waals surface area contributed by atoms with Crippen LogP contribution in [0.4, 0.5) is 13.2 Å². The molecule has 2 heterocycles. The van der Waals surface area contributed by atoms with E-state index in [1.54, 1.807) is 19.1 Å². The van der Waals surface area contributed by atoms with E-state index in [9.17, 15) is 18.0 Å². The molecule has 0 aliphatic carbocycles. The lowest BCUT2D eigenvalue weighted by atomic mass is 10.1. The van der Waals surface area contributed by atoms with Crippen LogP contribution in [0.25, 0.3) is 16.9 Å². The zero-order valence-corrected chi connectivity index (χ0v) is 15.0. The van der Waals surface area contributed by atoms with Gasteiger partial charge in [0.15, 0.2) is 5.69 Å². The predicted molar refractivity (Wildman–Crippen MR) is 94.3 cm³/mol. The zero-order chi connectivity index (χ0) is 20.3. The molecule has 3 rings (SSSR count). The molecule has 1 aromatic carbocycles. The Morgan fingerprint density at radius 3 is 2.39 bits per heavy atom. The molecule has 0 spiro atoms. The molecule has 6 nitrogen and oxygen atoms in total. The van der Waals surface area contributed by atoms with Crippen molar-refractivity contribution in [3.05, 3.63) is 59.9 Å². The lowest BCUT2D eigenvalue weighted by Gasteiger charge is -2.10. The molecule has 0 aliphatic heterocycles. The Balaban J connectivity index is 2.08. The Bertz CT molecular complexity index is 965. The fourth-order valence-electron chi connectivity index (χ4n) is 2.54. The Hall–Kier alpha value is -3.36. The number of hydrogen-bond acceptors (Lipinski definition) is 5. The Labute approximate surface area is 158 Å². The van der Waals surface area contributed by atoms with Crippen LogP contribution in [0.5, 0.6) is 5.88 Å². The number of nitrogens with zero attached hydrogens (tertiary/aromatic N) is 3. The van der Waals surface area contributed by atoms with Crippen LogP contribution in [0.1, 0.15) is 23.0 Å². The Morgan fingerprint density at radius 1 is 1.14 bits per heavy atom. The second kappa shape index (κ2) is 7.71. The topological polar surface area (TPSA) is 66.2 Å². The number of rotatable bonds is 5. The first-order valence-electron chi connectivity index (χ1n) is 8.28. The van der Waals surface area contributed by atoms with E-state index < -0.39 is 17.7 Å². The van der Waals surface area contributed by atoms with Gasteiger partial charge in [-0.25, -0.2) is 14.5 Å². The summed E-state index contributed by atoms with van der Waals surface area (Å²) < 4.78 is 49.9. The van der Waals surface area contributed by atoms with Crippen LogP contribution in [0.15, 0.2) is 48.7 Å². The predicted octanol–water partition coefficient (Wildman–Crippen LogP) is 4.14. The third-order valence-corrected chi connectivity index (χ3v) is 3.88. The van der Waals surface area contributed by atoms with E-state index in [2.05, 4.69) is 10.1 Å². The van der Waals surface area contributed by atoms with E-state index in [1.807, 2.05) is 0 Å². The van der Waals surface area contributed by atoms with E-state index in [-0.39, 0.29) is 12.3 Å². The number of hydrogen-bond donors (Lipinski definition) is 0. The highest BCUT2D eigenvalue weighted by Crippen LogP contribution is 2.32. The fraction of sp³-hybridized carbons (Fsp3) is 0.211. The minimum atomic E-state index is -4.44. The van der Waals surface area contributed by atoms with Gasteiger partial charge in [-0.1, -0.05) is 12.1 Å². The minimum Gasteiger partial charge on any atom is -0.481 e. The molecule has 0 saturated carbocycles. The molecule has 2 aromatic heterocycles. The molecule has 0 atom stereocenters. The smallest absolute Gasteiger partial charge is 0.416 e. The monoisotopic (exact) mass is 391 g/mol. The van der Waals surface area contributed by atoms with Crippen LogP contribution in [-0.4, -0.2) is 34.5 Å². The summed E-state index contributed by atoms with van der Waals surface area (Å²) in [7, 11) is 1.47. The quantitative estimate of drug-likeness (QED) is 0.612. The second-order valence-electron chi connectivity index (χ2n) is 5.68. The average molecular weight is 391 g/mol. The number of alkyl halides is 3. The summed E-state index contributed by atoms with van der Waals surface area (Å²) in [6.07, 6.45) is -2.96. The number of benzene rings is 1. The van der Waals surface area contributed by atoms with Crippen molar-refractivity contribution in [2.75, 3.05) is 13.7 Å². The third kappa shape index (κ3) is 3.98. The molecule has 0 aliphatic rings. The molecule has 9 heteroatoms. The fourth-order valence-corrected chi connectivity index (χ4v) is 2.54. The van der Waals surface area contributed by atoms with Crippen LogP contribution in [0, 0.1) is 0 Å². The highest BCUT2D eigenvalue weighted by atomic mass is 19.4. The first-order chi connectivity index (χ1) is 13.3. The van der Waals surface area contributed by atoms with Crippen molar-refractivity contribution >= 4 is 5.97 Å². The molecule has 0 saturated heterocycles. The number of ether oxygens (including phenoxy) is 2. The van der Waals surface area contributed by atoms with Crippen molar-refractivity contribution in [3.63, 3.8) is 0 Å². The molecule has 146 valence electrons. The summed E-state index contributed by atoms with van der Waals surface area (Å²) in [6, 6.07) is 9.33. The summed E-state index contributed by atoms with van der Waals surface area (Å²) in [5, 5.41) is 4.24. The van der Waals surface area contributed by atoms with Gasteiger partial charge in [0.1, 0.15) is 0 Å². The zero-order valence-electron chi connectivity index (χ0n) is 15.0. The minimum absolute atomic E-state index is 0.0348. The molecule has 28 heavy (non-hydrogen) atoms. The van der Waals surface area contributed by atoms with Crippen LogP contribution in [-0.2, 0) is 10.9 Å². The second-order valence-corrected chi connectivity index (χ2v) is 5.68. The number of pyridine rings is 1. The number of carbonyl (C=O) groups is 1. The van der Waals surface area contributed by atoms with Crippen molar-refractivity contribution in [1.82, 2.24) is 14.8 Å². The normalized spacial score (nSPS) is 11.3. The first kappa shape index (κ1) is 19.4. The number of aromatic nitrogens is 3. The van der Waals surface area contributed by atoms with Gasteiger partial charge in [0.25, 0.3) is 0 Å². The van der Waals surface area contributed by atoms with Gasteiger partial charge in [-0.15, -0.1) is 0 Å². The summed E-state index contributed by atoms with van der Waals surface area (Å²) in [5.41, 5.74) is 0.647. The Morgan fingerprint density at radius 2 is 1.86 bits per heavy atom. The maximum absolute atomic E-state index is 12.8. The maximum Gasteiger partial charge on any atom is 0.416 e. The molecule has 0 radical (unpaired) electrons. The molecule has 0 N–H and O–H groups in total. The molecule has 0 bridgehead atoms. The summed E-state index contributed by atoms with van der Waals surface area (Å²) in [5.74, 6) is -0.242. The van der Waals surface area contributed by atoms with Crippen LogP contribution < -0.4 is 4.74 Å². The largest absolute Gasteiger partial charge is 0.481 e. The molecule has 3 aromatic rings. The van der Waals surface area contributed by atoms with Crippen molar-refractivity contribution in [3.8, 4) is 22.8 Å². The highest BCUT2D eigenvalue weighted by Gasteiger charge is 2.30. The van der Waals surface area contributed by atoms with Gasteiger partial charge in [0, 0.05) is 11.6 Å². The van der Waals surface area contributed by atoms with Gasteiger partial charge in [-0.2, -0.15) is 18.3 Å². The van der Waals surface area contributed by atoms with Crippen molar-refractivity contribution in [1.29, 1.82) is 0 Å². The number of esters is 1. The van der Waals surface area contributed by atoms with Gasteiger partial charge >= 0.3 is 12.1 Å². The number of carbonyl (C=O) groups excluding carboxylic acids is 1. The van der Waals surface area contributed by atoms with E-state index in [0.29, 0.717) is 22.8 Å². The summed E-state index contributed by atoms with van der Waals surface area (Å²) in [6.45, 7) is 1.84. The van der Waals surface area contributed by atoms with Gasteiger partial charge in [0.2, 0.25) is 5.88 Å². The van der Waals surface area contributed by atoms with Crippen molar-refractivity contribution in [2.45, 2.75) is 13.1 Å². The molecule has 0 fully saturated rings. The maximum atomic E-state index is 12.8. The third-order valence-electron chi connectivity index (χ3n) is 3.88. The van der Waals surface area contributed by atoms with Crippen LogP contribution in [0.2, 0.25) is 0 Å². The van der Waals surface area contributed by atoms with Gasteiger partial charge < -0.3 is 9.47 Å². The van der Waals surface area contributed by atoms with Crippen molar-refractivity contribution < 1.29 is 27.4 Å². The molecular weight excluding hydrogens is 375 g/mol. The highest BCUT2D eigenvalue weighted by molar-refractivity contribution is 5.89. The van der Waals surface area contributed by atoms with Crippen LogP contribution in [0.3, 0.4) is 0 Å². The van der Waals surface area contributed by atoms with E-state index >= 15 is 0 Å². The lowest BCUT2D eigenvalue weighted by molar-refractivity contribution is -0.137. The molecular formula is C19H16F3N3O3. The Kier molecular flexibility index (Phi) is 5.34. The van der Waals surface area contributed by atoms with Gasteiger partial charge in [-0.05, 0) is 31.2 Å². The van der Waals surface area contributed by atoms with E-state index in [4.69, 9.17) is 9.47 Å². The van der Waals surface area contributed by atoms with E-state index in [1.165, 1.54) is 36.2 Å². The standard InChI is InChI=1S/C19H16F3N3O3/c1-3-28-18(26)15-10-16(12-4-6-13(7-5-12)19(20,21)22)25(24-15)14-8-9-17(27-2)23-11-14/h4-11H,3H2,1-2H3. The first-order valence-corrected chi connectivity index (χ1v) is 8.28. The summed E-state index contributed by atoms with van der Waals surface area (Å²) in [4.78, 5) is 16.2. The van der Waals surface area contributed by atoms with Crippen LogP contribution >= 0.6 is 0 Å². The average Bonchev–Trinajstić information content (AvgIpc) is 3.13. The number of methoxy groups -OCH3 is 1. The van der Waals surface area contributed by atoms with Gasteiger partial charge in [-0.3, -0.25) is 0 Å². The molecule has 0 unspecified atom stereocenters. The molecule has 0 amide bonds. The summed E-state index contributed by atoms with van der Waals surface area (Å²) >= 11 is 0. The lowest BCUT2D eigenvalue weighted by Crippen LogP contribution is -2.07.